The van der Waals surface area contributed by atoms with Gasteiger partial charge in [-0.05, 0) is 31.3 Å². The molecule has 4 heteroatoms. The Kier molecular flexibility index (Phi) is 3.67. The quantitative estimate of drug-likeness (QED) is 0.869. The van der Waals surface area contributed by atoms with Crippen LogP contribution in [0.5, 0.6) is 5.75 Å². The van der Waals surface area contributed by atoms with Crippen LogP contribution in [0.3, 0.4) is 0 Å². The topological polar surface area (TPSA) is 47.0 Å². The summed E-state index contributed by atoms with van der Waals surface area (Å²) in [6, 6.07) is 7.71. The Morgan fingerprint density at radius 2 is 1.76 bits per heavy atom. The summed E-state index contributed by atoms with van der Waals surface area (Å²) in [4.78, 5) is 8.66. The molecule has 0 radical (unpaired) electrons. The molecule has 0 saturated carbocycles. The highest BCUT2D eigenvalue weighted by Gasteiger charge is 2.01. The van der Waals surface area contributed by atoms with Gasteiger partial charge in [-0.3, -0.25) is 0 Å². The lowest BCUT2D eigenvalue weighted by Gasteiger charge is -2.03. The molecule has 0 aliphatic heterocycles. The molecule has 0 aliphatic rings. The molecule has 88 valence electrons. The first-order valence-corrected chi connectivity index (χ1v) is 5.43. The van der Waals surface area contributed by atoms with Gasteiger partial charge < -0.3 is 10.1 Å². The average molecular weight is 229 g/mol. The standard InChI is InChI=1S/C13H15N3O/c1-14-7-10-8-15-13(16-9-10)11-3-5-12(17-2)6-4-11/h3-6,8-9,14H,7H2,1-2H3. The highest BCUT2D eigenvalue weighted by Crippen LogP contribution is 2.18. The summed E-state index contributed by atoms with van der Waals surface area (Å²) in [6.45, 7) is 0.781. The summed E-state index contributed by atoms with van der Waals surface area (Å²) < 4.78 is 5.11. The van der Waals surface area contributed by atoms with Gasteiger partial charge in [0.15, 0.2) is 5.82 Å². The summed E-state index contributed by atoms with van der Waals surface area (Å²) in [5, 5.41) is 3.06. The van der Waals surface area contributed by atoms with E-state index in [1.807, 2.05) is 43.7 Å². The molecule has 0 amide bonds. The number of aromatic nitrogens is 2. The molecule has 1 aromatic carbocycles. The van der Waals surface area contributed by atoms with Gasteiger partial charge in [0.1, 0.15) is 5.75 Å². The zero-order chi connectivity index (χ0) is 12.1. The highest BCUT2D eigenvalue weighted by molar-refractivity contribution is 5.55. The first-order chi connectivity index (χ1) is 8.33. The average Bonchev–Trinajstić information content (AvgIpc) is 2.40. The molecule has 1 N–H and O–H groups in total. The normalized spacial score (nSPS) is 10.2. The predicted molar refractivity (Wildman–Crippen MR) is 66.8 cm³/mol. The van der Waals surface area contributed by atoms with Crippen molar-refractivity contribution in [3.63, 3.8) is 0 Å². The van der Waals surface area contributed by atoms with Crippen molar-refractivity contribution < 1.29 is 4.74 Å². The third-order valence-corrected chi connectivity index (χ3v) is 2.43. The molecule has 0 bridgehead atoms. The minimum Gasteiger partial charge on any atom is -0.497 e. The monoisotopic (exact) mass is 229 g/mol. The number of nitrogens with zero attached hydrogens (tertiary/aromatic N) is 2. The van der Waals surface area contributed by atoms with Crippen molar-refractivity contribution in [3.05, 3.63) is 42.2 Å². The van der Waals surface area contributed by atoms with Crippen LogP contribution in [-0.2, 0) is 6.54 Å². The second-order valence-corrected chi connectivity index (χ2v) is 3.67. The summed E-state index contributed by atoms with van der Waals surface area (Å²) in [7, 11) is 3.55. The maximum Gasteiger partial charge on any atom is 0.159 e. The Labute approximate surface area is 101 Å². The minimum atomic E-state index is 0.729. The van der Waals surface area contributed by atoms with E-state index in [0.29, 0.717) is 0 Å². The molecular weight excluding hydrogens is 214 g/mol. The van der Waals surface area contributed by atoms with Crippen molar-refractivity contribution in [1.82, 2.24) is 15.3 Å². The second kappa shape index (κ2) is 5.41. The van der Waals surface area contributed by atoms with Gasteiger partial charge in [-0.15, -0.1) is 0 Å². The van der Waals surface area contributed by atoms with E-state index in [9.17, 15) is 0 Å². The van der Waals surface area contributed by atoms with E-state index in [1.165, 1.54) is 0 Å². The Bertz CT molecular complexity index is 465. The third kappa shape index (κ3) is 2.79. The summed E-state index contributed by atoms with van der Waals surface area (Å²) in [5.41, 5.74) is 2.06. The maximum atomic E-state index is 5.11. The van der Waals surface area contributed by atoms with Crippen molar-refractivity contribution in [2.24, 2.45) is 0 Å². The van der Waals surface area contributed by atoms with E-state index in [-0.39, 0.29) is 0 Å². The fourth-order valence-corrected chi connectivity index (χ4v) is 1.54. The van der Waals surface area contributed by atoms with Gasteiger partial charge in [0.2, 0.25) is 0 Å². The molecule has 2 aromatic rings. The van der Waals surface area contributed by atoms with E-state index in [0.717, 1.165) is 29.2 Å². The van der Waals surface area contributed by atoms with E-state index in [4.69, 9.17) is 4.74 Å². The molecule has 0 aliphatic carbocycles. The van der Waals surface area contributed by atoms with E-state index >= 15 is 0 Å². The van der Waals surface area contributed by atoms with E-state index in [2.05, 4.69) is 15.3 Å². The van der Waals surface area contributed by atoms with Gasteiger partial charge in [-0.2, -0.15) is 0 Å². The van der Waals surface area contributed by atoms with Crippen LogP contribution in [0.15, 0.2) is 36.7 Å². The molecule has 4 nitrogen and oxygen atoms in total. The van der Waals surface area contributed by atoms with Gasteiger partial charge in [0.25, 0.3) is 0 Å². The van der Waals surface area contributed by atoms with Crippen LogP contribution < -0.4 is 10.1 Å². The van der Waals surface area contributed by atoms with Crippen LogP contribution in [0.2, 0.25) is 0 Å². The Morgan fingerprint density at radius 3 is 2.29 bits per heavy atom. The van der Waals surface area contributed by atoms with Crippen LogP contribution in [0.25, 0.3) is 11.4 Å². The number of methoxy groups -OCH3 is 1. The van der Waals surface area contributed by atoms with Gasteiger partial charge in [-0.1, -0.05) is 0 Å². The fourth-order valence-electron chi connectivity index (χ4n) is 1.54. The largest absolute Gasteiger partial charge is 0.497 e. The van der Waals surface area contributed by atoms with Crippen LogP contribution in [0.4, 0.5) is 0 Å². The van der Waals surface area contributed by atoms with Crippen LogP contribution in [-0.4, -0.2) is 24.1 Å². The van der Waals surface area contributed by atoms with Crippen LogP contribution >= 0.6 is 0 Å². The Balaban J connectivity index is 2.20. The summed E-state index contributed by atoms with van der Waals surface area (Å²) in [6.07, 6.45) is 3.67. The van der Waals surface area contributed by atoms with Crippen molar-refractivity contribution in [2.45, 2.75) is 6.54 Å². The molecule has 2 rings (SSSR count). The minimum absolute atomic E-state index is 0.729. The number of ether oxygens (including phenoxy) is 1. The first-order valence-electron chi connectivity index (χ1n) is 5.43. The zero-order valence-electron chi connectivity index (χ0n) is 9.97. The summed E-state index contributed by atoms with van der Waals surface area (Å²) in [5.74, 6) is 1.56. The van der Waals surface area contributed by atoms with Crippen molar-refractivity contribution >= 4 is 0 Å². The van der Waals surface area contributed by atoms with Gasteiger partial charge in [-0.25, -0.2) is 9.97 Å². The lowest BCUT2D eigenvalue weighted by molar-refractivity contribution is 0.415. The van der Waals surface area contributed by atoms with Gasteiger partial charge >= 0.3 is 0 Å². The number of rotatable bonds is 4. The lowest BCUT2D eigenvalue weighted by atomic mass is 10.2. The SMILES string of the molecule is CNCc1cnc(-c2ccc(OC)cc2)nc1. The van der Waals surface area contributed by atoms with E-state index < -0.39 is 0 Å². The fraction of sp³-hybridized carbons (Fsp3) is 0.231. The zero-order valence-corrected chi connectivity index (χ0v) is 9.97. The molecule has 0 atom stereocenters. The molecule has 0 fully saturated rings. The molecule has 1 heterocycles. The Hall–Kier alpha value is -1.94. The second-order valence-electron chi connectivity index (χ2n) is 3.67. The number of hydrogen-bond donors (Lipinski definition) is 1. The van der Waals surface area contributed by atoms with E-state index in [1.54, 1.807) is 7.11 Å². The third-order valence-electron chi connectivity index (χ3n) is 2.43. The molecule has 0 saturated heterocycles. The lowest BCUT2D eigenvalue weighted by Crippen LogP contribution is -2.06. The van der Waals surface area contributed by atoms with Gasteiger partial charge in [0, 0.05) is 30.1 Å². The number of nitrogens with one attached hydrogen (secondary N) is 1. The number of hydrogen-bond acceptors (Lipinski definition) is 4. The summed E-state index contributed by atoms with van der Waals surface area (Å²) >= 11 is 0. The van der Waals surface area contributed by atoms with Crippen molar-refractivity contribution in [1.29, 1.82) is 0 Å². The molecule has 0 spiro atoms. The number of benzene rings is 1. The molecular formula is C13H15N3O. The van der Waals surface area contributed by atoms with Crippen LogP contribution in [0, 0.1) is 0 Å². The first kappa shape index (κ1) is 11.5. The van der Waals surface area contributed by atoms with Crippen molar-refractivity contribution in [3.8, 4) is 17.1 Å². The Morgan fingerprint density at radius 1 is 1.12 bits per heavy atom. The van der Waals surface area contributed by atoms with Crippen LogP contribution in [0.1, 0.15) is 5.56 Å². The predicted octanol–water partition coefficient (Wildman–Crippen LogP) is 1.87. The van der Waals surface area contributed by atoms with Crippen molar-refractivity contribution in [2.75, 3.05) is 14.2 Å². The molecule has 1 aromatic heterocycles. The molecule has 0 unspecified atom stereocenters. The van der Waals surface area contributed by atoms with Gasteiger partial charge in [0.05, 0.1) is 7.11 Å². The highest BCUT2D eigenvalue weighted by atomic mass is 16.5. The maximum absolute atomic E-state index is 5.11. The smallest absolute Gasteiger partial charge is 0.159 e. The molecule has 17 heavy (non-hydrogen) atoms.